The Bertz CT molecular complexity index is 660. The van der Waals surface area contributed by atoms with Gasteiger partial charge in [0.05, 0.1) is 5.52 Å². The Labute approximate surface area is 122 Å². The fourth-order valence-electron chi connectivity index (χ4n) is 2.14. The molecule has 0 spiro atoms. The molecule has 0 radical (unpaired) electrons. The van der Waals surface area contributed by atoms with Crippen LogP contribution in [0.5, 0.6) is 0 Å². The molecule has 0 atom stereocenters. The maximum Gasteiger partial charge on any atom is 0.184 e. The van der Waals surface area contributed by atoms with Crippen LogP contribution in [-0.2, 0) is 6.54 Å². The van der Waals surface area contributed by atoms with Gasteiger partial charge in [0, 0.05) is 12.6 Å². The van der Waals surface area contributed by atoms with E-state index in [2.05, 4.69) is 23.7 Å². The Hall–Kier alpha value is -1.27. The van der Waals surface area contributed by atoms with Crippen LogP contribution in [0.1, 0.15) is 20.3 Å². The van der Waals surface area contributed by atoms with E-state index in [0.717, 1.165) is 19.0 Å². The minimum Gasteiger partial charge on any atom is -0.330 e. The average molecular weight is 299 g/mol. The third-order valence-electron chi connectivity index (χ3n) is 3.60. The van der Waals surface area contributed by atoms with E-state index in [1.54, 1.807) is 4.57 Å². The zero-order chi connectivity index (χ0) is 14.9. The lowest BCUT2D eigenvalue weighted by atomic mass is 10.2. The lowest BCUT2D eigenvalue weighted by molar-refractivity contribution is 0.265. The minimum atomic E-state index is -0.848. The molecule has 0 unspecified atom stereocenters. The van der Waals surface area contributed by atoms with Gasteiger partial charge >= 0.3 is 0 Å². The zero-order valence-electron chi connectivity index (χ0n) is 11.9. The second kappa shape index (κ2) is 6.01. The van der Waals surface area contributed by atoms with Gasteiger partial charge in [-0.3, -0.25) is 0 Å². The highest BCUT2D eigenvalue weighted by Gasteiger charge is 2.13. The van der Waals surface area contributed by atoms with Crippen LogP contribution < -0.4 is 0 Å². The molecule has 1 heterocycles. The maximum absolute atomic E-state index is 13.9. The Morgan fingerprint density at radius 3 is 2.70 bits per heavy atom. The first-order valence-corrected chi connectivity index (χ1v) is 7.09. The van der Waals surface area contributed by atoms with E-state index in [-0.39, 0.29) is 5.52 Å². The van der Waals surface area contributed by atoms with Crippen LogP contribution in [0.2, 0.25) is 0 Å². The largest absolute Gasteiger partial charge is 0.330 e. The number of nitrogens with zero attached hydrogens (tertiary/aromatic N) is 2. The quantitative estimate of drug-likeness (QED) is 0.851. The molecular formula is C14H19F2N3S. The van der Waals surface area contributed by atoms with Crippen LogP contribution >= 0.6 is 12.2 Å². The summed E-state index contributed by atoms with van der Waals surface area (Å²) >= 11 is 5.19. The minimum absolute atomic E-state index is 0.224. The fourth-order valence-corrected chi connectivity index (χ4v) is 2.43. The molecule has 0 aliphatic heterocycles. The van der Waals surface area contributed by atoms with Gasteiger partial charge in [0.15, 0.2) is 16.4 Å². The highest BCUT2D eigenvalue weighted by molar-refractivity contribution is 7.71. The molecule has 0 saturated carbocycles. The van der Waals surface area contributed by atoms with Gasteiger partial charge in [-0.15, -0.1) is 0 Å². The lowest BCUT2D eigenvalue weighted by Gasteiger charge is -2.20. The molecule has 0 bridgehead atoms. The van der Waals surface area contributed by atoms with Gasteiger partial charge < -0.3 is 14.5 Å². The van der Waals surface area contributed by atoms with Gasteiger partial charge in [-0.1, -0.05) is 0 Å². The Kier molecular flexibility index (Phi) is 4.55. The number of hydrogen-bond donors (Lipinski definition) is 1. The monoisotopic (exact) mass is 299 g/mol. The summed E-state index contributed by atoms with van der Waals surface area (Å²) in [6.07, 6.45) is 0.825. The van der Waals surface area contributed by atoms with Crippen LogP contribution in [0.3, 0.4) is 0 Å². The molecule has 1 aromatic carbocycles. The van der Waals surface area contributed by atoms with Crippen molar-refractivity contribution in [3.63, 3.8) is 0 Å². The first-order valence-electron chi connectivity index (χ1n) is 6.68. The topological polar surface area (TPSA) is 24.0 Å². The van der Waals surface area contributed by atoms with Gasteiger partial charge in [0.25, 0.3) is 0 Å². The van der Waals surface area contributed by atoms with Gasteiger partial charge in [0.1, 0.15) is 5.52 Å². The summed E-state index contributed by atoms with van der Waals surface area (Å²) < 4.78 is 29.3. The van der Waals surface area contributed by atoms with Gasteiger partial charge in [-0.25, -0.2) is 8.78 Å². The second-order valence-corrected chi connectivity index (χ2v) is 5.65. The standard InChI is InChI=1S/C14H19F2N3S/c1-9(2)18(3)7-4-8-19-13-11(17-14(19)20)6-5-10(15)12(13)16/h5-6,9H,4,7-8H2,1-3H3,(H,17,20). The SMILES string of the molecule is CC(C)N(C)CCCn1c(=S)[nH]c2ccc(F)c(F)c21. The van der Waals surface area contributed by atoms with Crippen LogP contribution in [0.4, 0.5) is 8.78 Å². The molecule has 2 rings (SSSR count). The van der Waals surface area contributed by atoms with Crippen molar-refractivity contribution < 1.29 is 8.78 Å². The van der Waals surface area contributed by atoms with Crippen LogP contribution in [0.25, 0.3) is 11.0 Å². The number of aromatic nitrogens is 2. The number of rotatable bonds is 5. The van der Waals surface area contributed by atoms with E-state index in [1.807, 2.05) is 7.05 Å². The fraction of sp³-hybridized carbons (Fsp3) is 0.500. The van der Waals surface area contributed by atoms with Crippen LogP contribution in [0.15, 0.2) is 12.1 Å². The predicted molar refractivity (Wildman–Crippen MR) is 79.4 cm³/mol. The second-order valence-electron chi connectivity index (χ2n) is 5.27. The van der Waals surface area contributed by atoms with E-state index < -0.39 is 11.6 Å². The number of hydrogen-bond acceptors (Lipinski definition) is 2. The van der Waals surface area contributed by atoms with E-state index in [0.29, 0.717) is 22.9 Å². The summed E-state index contributed by atoms with van der Waals surface area (Å²) in [6.45, 7) is 5.68. The molecule has 3 nitrogen and oxygen atoms in total. The number of benzene rings is 1. The number of halogens is 2. The molecule has 0 aliphatic carbocycles. The van der Waals surface area contributed by atoms with Crippen molar-refractivity contribution in [3.8, 4) is 0 Å². The van der Waals surface area contributed by atoms with Crippen molar-refractivity contribution in [2.24, 2.45) is 0 Å². The smallest absolute Gasteiger partial charge is 0.184 e. The summed E-state index contributed by atoms with van der Waals surface area (Å²) in [5.74, 6) is -1.69. The molecule has 20 heavy (non-hydrogen) atoms. The highest BCUT2D eigenvalue weighted by atomic mass is 32.1. The third-order valence-corrected chi connectivity index (χ3v) is 3.92. The normalized spacial score (nSPS) is 11.9. The van der Waals surface area contributed by atoms with Gasteiger partial charge in [-0.2, -0.15) is 0 Å². The third kappa shape index (κ3) is 2.91. The van der Waals surface area contributed by atoms with Gasteiger partial charge in [-0.05, 0) is 58.2 Å². The number of aromatic amines is 1. The number of fused-ring (bicyclic) bond motifs is 1. The van der Waals surface area contributed by atoms with E-state index >= 15 is 0 Å². The molecular weight excluding hydrogens is 280 g/mol. The molecule has 1 N–H and O–H groups in total. The van der Waals surface area contributed by atoms with Crippen molar-refractivity contribution >= 4 is 23.3 Å². The predicted octanol–water partition coefficient (Wildman–Crippen LogP) is 3.71. The Morgan fingerprint density at radius 1 is 1.35 bits per heavy atom. The number of nitrogens with one attached hydrogen (secondary N) is 1. The number of aryl methyl sites for hydroxylation is 1. The van der Waals surface area contributed by atoms with E-state index in [9.17, 15) is 8.78 Å². The van der Waals surface area contributed by atoms with E-state index in [1.165, 1.54) is 6.07 Å². The lowest BCUT2D eigenvalue weighted by Crippen LogP contribution is -2.27. The molecule has 0 saturated heterocycles. The van der Waals surface area contributed by atoms with Crippen molar-refractivity contribution in [1.29, 1.82) is 0 Å². The average Bonchev–Trinajstić information content (AvgIpc) is 2.71. The summed E-state index contributed by atoms with van der Waals surface area (Å²) in [5.41, 5.74) is 0.758. The molecule has 110 valence electrons. The summed E-state index contributed by atoms with van der Waals surface area (Å²) in [6, 6.07) is 3.08. The summed E-state index contributed by atoms with van der Waals surface area (Å²) in [5, 5.41) is 0. The molecule has 0 aliphatic rings. The van der Waals surface area contributed by atoms with Crippen LogP contribution in [0, 0.1) is 16.4 Å². The Balaban J connectivity index is 2.24. The van der Waals surface area contributed by atoms with Crippen molar-refractivity contribution in [2.75, 3.05) is 13.6 Å². The summed E-state index contributed by atoms with van der Waals surface area (Å²) in [4.78, 5) is 5.12. The van der Waals surface area contributed by atoms with Crippen molar-refractivity contribution in [1.82, 2.24) is 14.5 Å². The van der Waals surface area contributed by atoms with Gasteiger partial charge in [0.2, 0.25) is 0 Å². The Morgan fingerprint density at radius 2 is 2.05 bits per heavy atom. The van der Waals surface area contributed by atoms with Crippen molar-refractivity contribution in [2.45, 2.75) is 32.9 Å². The first-order chi connectivity index (χ1) is 9.41. The van der Waals surface area contributed by atoms with E-state index in [4.69, 9.17) is 12.2 Å². The molecule has 0 fully saturated rings. The molecule has 0 amide bonds. The highest BCUT2D eigenvalue weighted by Crippen LogP contribution is 2.20. The molecule has 2 aromatic rings. The maximum atomic E-state index is 13.9. The molecule has 1 aromatic heterocycles. The van der Waals surface area contributed by atoms with Crippen LogP contribution in [-0.4, -0.2) is 34.1 Å². The number of H-pyrrole nitrogens is 1. The number of imidazole rings is 1. The molecule has 6 heteroatoms. The zero-order valence-corrected chi connectivity index (χ0v) is 12.7. The first kappa shape index (κ1) is 15.1. The van der Waals surface area contributed by atoms with Crippen molar-refractivity contribution in [3.05, 3.63) is 28.5 Å². The summed E-state index contributed by atoms with van der Waals surface area (Å²) in [7, 11) is 2.04.